The number of likely N-dealkylation sites (tertiary alicyclic amines) is 1. The van der Waals surface area contributed by atoms with Crippen LogP contribution in [0.3, 0.4) is 0 Å². The van der Waals surface area contributed by atoms with Gasteiger partial charge in [0.2, 0.25) is 6.41 Å². The summed E-state index contributed by atoms with van der Waals surface area (Å²) in [7, 11) is 2.03. The molecule has 2 aromatic heterocycles. The van der Waals surface area contributed by atoms with Crippen LogP contribution in [0.4, 0.5) is 5.00 Å². The Labute approximate surface area is 199 Å². The fourth-order valence-electron chi connectivity index (χ4n) is 3.95. The van der Waals surface area contributed by atoms with E-state index in [9.17, 15) is 19.2 Å². The van der Waals surface area contributed by atoms with Crippen molar-refractivity contribution < 1.29 is 19.2 Å². The van der Waals surface area contributed by atoms with Gasteiger partial charge in [-0.3, -0.25) is 19.2 Å². The van der Waals surface area contributed by atoms with Gasteiger partial charge in [0, 0.05) is 42.4 Å². The summed E-state index contributed by atoms with van der Waals surface area (Å²) in [6.07, 6.45) is 1.94. The summed E-state index contributed by atoms with van der Waals surface area (Å²) < 4.78 is 0. The number of rotatable bonds is 5. The highest BCUT2D eigenvalue weighted by molar-refractivity contribution is 7.16. The highest BCUT2D eigenvalue weighted by Crippen LogP contribution is 2.25. The third-order valence-electron chi connectivity index (χ3n) is 5.73. The monoisotopic (exact) mass is 490 g/mol. The van der Waals surface area contributed by atoms with Crippen molar-refractivity contribution in [3.63, 3.8) is 0 Å². The van der Waals surface area contributed by atoms with Gasteiger partial charge in [0.05, 0.1) is 22.8 Å². The fourth-order valence-corrected chi connectivity index (χ4v) is 5.80. The lowest BCUT2D eigenvalue weighted by Gasteiger charge is -2.37. The lowest BCUT2D eigenvalue weighted by Crippen LogP contribution is -2.61. The maximum Gasteiger partial charge on any atom is 0.314 e. The van der Waals surface area contributed by atoms with E-state index in [-0.39, 0.29) is 12.5 Å². The summed E-state index contributed by atoms with van der Waals surface area (Å²) in [5.41, 5.74) is 0.951. The topological polar surface area (TPSA) is 124 Å². The lowest BCUT2D eigenvalue weighted by atomic mass is 9.99. The van der Waals surface area contributed by atoms with Gasteiger partial charge in [-0.1, -0.05) is 0 Å². The van der Waals surface area contributed by atoms with Crippen molar-refractivity contribution in [1.82, 2.24) is 25.4 Å². The molecule has 4 amide bonds. The maximum atomic E-state index is 12.9. The van der Waals surface area contributed by atoms with Crippen LogP contribution >= 0.6 is 22.7 Å². The number of anilines is 1. The number of hydrogen-bond donors (Lipinski definition) is 3. The summed E-state index contributed by atoms with van der Waals surface area (Å²) in [5, 5.41) is 9.19. The summed E-state index contributed by atoms with van der Waals surface area (Å²) in [4.78, 5) is 59.4. The number of aryl methyl sites for hydroxylation is 1. The van der Waals surface area contributed by atoms with Gasteiger partial charge < -0.3 is 25.8 Å². The quantitative estimate of drug-likeness (QED) is 0.416. The fraction of sp³-hybridized carbons (Fsp3) is 0.476. The van der Waals surface area contributed by atoms with E-state index in [4.69, 9.17) is 0 Å². The van der Waals surface area contributed by atoms with Crippen molar-refractivity contribution in [2.75, 3.05) is 32.0 Å². The molecular formula is C21H26N6O4S2. The number of fused-ring (bicyclic) bond motifs is 1. The second-order valence-corrected chi connectivity index (χ2v) is 10.7. The molecule has 1 saturated heterocycles. The molecule has 33 heavy (non-hydrogen) atoms. The molecule has 2 aliphatic rings. The Bertz CT molecular complexity index is 1070. The molecule has 0 aromatic carbocycles. The van der Waals surface area contributed by atoms with E-state index >= 15 is 0 Å². The average Bonchev–Trinajstić information content (AvgIpc) is 3.40. The second-order valence-electron chi connectivity index (χ2n) is 8.29. The first kappa shape index (κ1) is 23.3. The van der Waals surface area contributed by atoms with E-state index < -0.39 is 23.9 Å². The Morgan fingerprint density at radius 2 is 1.94 bits per heavy atom. The second kappa shape index (κ2) is 9.98. The van der Waals surface area contributed by atoms with Gasteiger partial charge >= 0.3 is 11.8 Å². The van der Waals surface area contributed by atoms with Crippen LogP contribution in [0.15, 0.2) is 12.1 Å². The van der Waals surface area contributed by atoms with Crippen molar-refractivity contribution in [1.29, 1.82) is 0 Å². The van der Waals surface area contributed by atoms with E-state index in [1.807, 2.05) is 20.0 Å². The molecule has 0 aliphatic carbocycles. The van der Waals surface area contributed by atoms with Crippen molar-refractivity contribution in [3.8, 4) is 0 Å². The molecule has 0 spiro atoms. The molecular weight excluding hydrogens is 464 g/mol. The van der Waals surface area contributed by atoms with Crippen LogP contribution in [0.1, 0.15) is 31.7 Å². The number of nitrogens with zero attached hydrogens (tertiary/aromatic N) is 3. The third kappa shape index (κ3) is 5.57. The van der Waals surface area contributed by atoms with Crippen molar-refractivity contribution in [2.45, 2.75) is 38.4 Å². The zero-order valence-corrected chi connectivity index (χ0v) is 20.1. The van der Waals surface area contributed by atoms with Gasteiger partial charge in [-0.25, -0.2) is 4.98 Å². The van der Waals surface area contributed by atoms with Gasteiger partial charge in [-0.05, 0) is 32.5 Å². The number of piperidine rings is 1. The van der Waals surface area contributed by atoms with Crippen LogP contribution in [0.2, 0.25) is 0 Å². The molecule has 4 rings (SSSR count). The minimum absolute atomic E-state index is 0.236. The van der Waals surface area contributed by atoms with Crippen LogP contribution in [-0.2, 0) is 27.3 Å². The Balaban J connectivity index is 1.41. The largest absolute Gasteiger partial charge is 0.343 e. The predicted molar refractivity (Wildman–Crippen MR) is 125 cm³/mol. The Morgan fingerprint density at radius 3 is 2.67 bits per heavy atom. The zero-order valence-electron chi connectivity index (χ0n) is 18.4. The molecule has 0 unspecified atom stereocenters. The summed E-state index contributed by atoms with van der Waals surface area (Å²) >= 11 is 2.74. The number of likely N-dealkylation sites (N-methyl/N-ethyl adjacent to an activating group) is 1. The number of carbonyl (C=O) groups is 4. The summed E-state index contributed by atoms with van der Waals surface area (Å²) in [5.74, 6) is -1.89. The lowest BCUT2D eigenvalue weighted by molar-refractivity contribution is -0.137. The van der Waals surface area contributed by atoms with E-state index in [0.717, 1.165) is 41.4 Å². The van der Waals surface area contributed by atoms with Crippen LogP contribution in [-0.4, -0.2) is 77.7 Å². The molecule has 10 nitrogen and oxygen atoms in total. The molecule has 2 aromatic rings. The van der Waals surface area contributed by atoms with Gasteiger partial charge in [-0.15, -0.1) is 22.7 Å². The molecule has 0 saturated carbocycles. The van der Waals surface area contributed by atoms with Gasteiger partial charge in [-0.2, -0.15) is 0 Å². The summed E-state index contributed by atoms with van der Waals surface area (Å²) in [6, 6.07) is 2.56. The van der Waals surface area contributed by atoms with Crippen LogP contribution < -0.4 is 16.0 Å². The number of hydrogen-bond acceptors (Lipinski definition) is 8. The minimum atomic E-state index is -0.780. The molecule has 2 aliphatic heterocycles. The van der Waals surface area contributed by atoms with Gasteiger partial charge in [0.1, 0.15) is 0 Å². The predicted octanol–water partition coefficient (Wildman–Crippen LogP) is 0.585. The Hall–Kier alpha value is -2.83. The smallest absolute Gasteiger partial charge is 0.314 e. The van der Waals surface area contributed by atoms with E-state index in [2.05, 4.69) is 25.8 Å². The molecule has 176 valence electrons. The van der Waals surface area contributed by atoms with E-state index in [1.165, 1.54) is 22.7 Å². The number of thiophene rings is 1. The first-order valence-corrected chi connectivity index (χ1v) is 12.3. The molecule has 0 radical (unpaired) electrons. The normalized spacial score (nSPS) is 20.6. The zero-order chi connectivity index (χ0) is 23.5. The van der Waals surface area contributed by atoms with Crippen molar-refractivity contribution >= 4 is 51.8 Å². The number of amides is 4. The van der Waals surface area contributed by atoms with E-state index in [1.54, 1.807) is 11.0 Å². The summed E-state index contributed by atoms with van der Waals surface area (Å²) in [6.45, 7) is 4.23. The number of aromatic nitrogens is 1. The first-order valence-electron chi connectivity index (χ1n) is 10.7. The van der Waals surface area contributed by atoms with Crippen LogP contribution in [0.25, 0.3) is 0 Å². The standard InChI is InChI=1S/C21H26N6O4S2/c1-12-3-4-17(32-12)25-19(30)18(29)22-13-6-8-27(11-28)9-15(13)23-20(31)21-24-14-5-7-26(2)10-16(14)33-21/h3-4,11,13,15H,5-10H2,1-2H3,(H,22,29)(H,23,31)(H,25,30)/t13-,15+/m0/s1. The molecule has 0 bridgehead atoms. The SMILES string of the molecule is Cc1ccc(NC(=O)C(=O)N[C@H]2CCN(C=O)C[C@H]2NC(=O)c2nc3c(s2)CN(C)CC3)s1. The minimum Gasteiger partial charge on any atom is -0.343 e. The van der Waals surface area contributed by atoms with Gasteiger partial charge in [0.25, 0.3) is 5.91 Å². The van der Waals surface area contributed by atoms with Crippen molar-refractivity contribution in [2.24, 2.45) is 0 Å². The van der Waals surface area contributed by atoms with Gasteiger partial charge in [0.15, 0.2) is 5.01 Å². The molecule has 2 atom stereocenters. The molecule has 1 fully saturated rings. The number of nitrogens with one attached hydrogen (secondary N) is 3. The molecule has 3 N–H and O–H groups in total. The van der Waals surface area contributed by atoms with Crippen LogP contribution in [0, 0.1) is 6.92 Å². The average molecular weight is 491 g/mol. The number of thiazole rings is 1. The Morgan fingerprint density at radius 1 is 1.12 bits per heavy atom. The Kier molecular flexibility index (Phi) is 7.05. The molecule has 12 heteroatoms. The maximum absolute atomic E-state index is 12.9. The highest BCUT2D eigenvalue weighted by atomic mass is 32.1. The van der Waals surface area contributed by atoms with Crippen LogP contribution in [0.5, 0.6) is 0 Å². The highest BCUT2D eigenvalue weighted by Gasteiger charge is 2.33. The first-order chi connectivity index (χ1) is 15.8. The third-order valence-corrected chi connectivity index (χ3v) is 7.72. The number of carbonyl (C=O) groups excluding carboxylic acids is 4. The molecule has 4 heterocycles. The van der Waals surface area contributed by atoms with Crippen molar-refractivity contribution in [3.05, 3.63) is 32.6 Å². The van der Waals surface area contributed by atoms with E-state index in [0.29, 0.717) is 23.0 Å².